The van der Waals surface area contributed by atoms with Crippen LogP contribution >= 0.6 is 0 Å². The third-order valence-electron chi connectivity index (χ3n) is 5.62. The second-order valence-electron chi connectivity index (χ2n) is 7.06. The fourth-order valence-electron chi connectivity index (χ4n) is 4.38. The van der Waals surface area contributed by atoms with Crippen molar-refractivity contribution in [3.8, 4) is 11.1 Å². The van der Waals surface area contributed by atoms with Gasteiger partial charge in [-0.15, -0.1) is 0 Å². The normalized spacial score (nSPS) is 22.0. The number of carboxylic acid groups (broad SMARTS) is 1. The van der Waals surface area contributed by atoms with Gasteiger partial charge in [0.2, 0.25) is 0 Å². The standard InChI is InChI=1S/C21H21NO3/c23-20(22-12-14-6-5-7-15(14)13-22)18-10-3-1-8-16(18)17-9-2-4-11-19(17)21(24)25/h1-4,8-11,14-15H,5-7,12-13H2,(H,24,25). The van der Waals surface area contributed by atoms with Gasteiger partial charge in [-0.25, -0.2) is 4.79 Å². The van der Waals surface area contributed by atoms with Crippen molar-refractivity contribution in [2.45, 2.75) is 19.3 Å². The van der Waals surface area contributed by atoms with Crippen LogP contribution < -0.4 is 0 Å². The van der Waals surface area contributed by atoms with Gasteiger partial charge in [0, 0.05) is 18.7 Å². The Hall–Kier alpha value is -2.62. The summed E-state index contributed by atoms with van der Waals surface area (Å²) in [5.74, 6) is 0.323. The molecule has 2 unspecified atom stereocenters. The number of aromatic carboxylic acids is 1. The zero-order valence-corrected chi connectivity index (χ0v) is 14.0. The minimum Gasteiger partial charge on any atom is -0.478 e. The third-order valence-corrected chi connectivity index (χ3v) is 5.62. The summed E-state index contributed by atoms with van der Waals surface area (Å²) in [6.07, 6.45) is 3.72. The van der Waals surface area contributed by atoms with Crippen LogP contribution in [0.1, 0.15) is 40.0 Å². The van der Waals surface area contributed by atoms with Crippen molar-refractivity contribution in [1.82, 2.24) is 4.90 Å². The molecule has 4 rings (SSSR count). The van der Waals surface area contributed by atoms with Gasteiger partial charge in [0.05, 0.1) is 5.56 Å². The second kappa shape index (κ2) is 6.36. The van der Waals surface area contributed by atoms with Gasteiger partial charge in [-0.1, -0.05) is 42.8 Å². The fraction of sp³-hybridized carbons (Fsp3) is 0.333. The van der Waals surface area contributed by atoms with E-state index in [-0.39, 0.29) is 11.5 Å². The van der Waals surface area contributed by atoms with Gasteiger partial charge in [0.25, 0.3) is 5.91 Å². The van der Waals surface area contributed by atoms with Crippen LogP contribution in [0.5, 0.6) is 0 Å². The number of benzene rings is 2. The predicted octanol–water partition coefficient (Wildman–Crippen LogP) is 3.92. The fourth-order valence-corrected chi connectivity index (χ4v) is 4.38. The smallest absolute Gasteiger partial charge is 0.336 e. The van der Waals surface area contributed by atoms with Crippen LogP contribution in [0.25, 0.3) is 11.1 Å². The predicted molar refractivity (Wildman–Crippen MR) is 95.6 cm³/mol. The van der Waals surface area contributed by atoms with Gasteiger partial charge in [0.1, 0.15) is 0 Å². The zero-order valence-electron chi connectivity index (χ0n) is 14.0. The van der Waals surface area contributed by atoms with Gasteiger partial charge in [-0.05, 0) is 47.9 Å². The van der Waals surface area contributed by atoms with E-state index in [9.17, 15) is 14.7 Å². The first-order valence-electron chi connectivity index (χ1n) is 8.86. The van der Waals surface area contributed by atoms with Crippen molar-refractivity contribution < 1.29 is 14.7 Å². The van der Waals surface area contributed by atoms with Crippen molar-refractivity contribution in [2.24, 2.45) is 11.8 Å². The molecule has 1 amide bonds. The number of rotatable bonds is 3. The van der Waals surface area contributed by atoms with E-state index in [0.29, 0.717) is 28.5 Å². The van der Waals surface area contributed by atoms with Gasteiger partial charge in [-0.2, -0.15) is 0 Å². The SMILES string of the molecule is O=C(O)c1ccccc1-c1ccccc1C(=O)N1CC2CCCC2C1. The number of likely N-dealkylation sites (tertiary alicyclic amines) is 1. The molecule has 4 heteroatoms. The average Bonchev–Trinajstić information content (AvgIpc) is 3.23. The first kappa shape index (κ1) is 15.9. The number of fused-ring (bicyclic) bond motifs is 1. The van der Waals surface area contributed by atoms with Crippen molar-refractivity contribution in [3.63, 3.8) is 0 Å². The molecule has 2 aromatic carbocycles. The van der Waals surface area contributed by atoms with E-state index >= 15 is 0 Å². The molecule has 1 heterocycles. The van der Waals surface area contributed by atoms with E-state index in [0.717, 1.165) is 13.1 Å². The first-order chi connectivity index (χ1) is 12.1. The van der Waals surface area contributed by atoms with Crippen molar-refractivity contribution >= 4 is 11.9 Å². The molecule has 25 heavy (non-hydrogen) atoms. The second-order valence-corrected chi connectivity index (χ2v) is 7.06. The summed E-state index contributed by atoms with van der Waals surface area (Å²) in [6, 6.07) is 14.2. The van der Waals surface area contributed by atoms with Crippen LogP contribution in [0.2, 0.25) is 0 Å². The molecule has 2 fully saturated rings. The van der Waals surface area contributed by atoms with Crippen molar-refractivity contribution in [2.75, 3.05) is 13.1 Å². The highest BCUT2D eigenvalue weighted by molar-refractivity contribution is 6.04. The number of carboxylic acids is 1. The molecule has 1 aliphatic carbocycles. The molecule has 1 saturated heterocycles. The van der Waals surface area contributed by atoms with Crippen LogP contribution in [0.3, 0.4) is 0 Å². The first-order valence-corrected chi connectivity index (χ1v) is 8.86. The van der Waals surface area contributed by atoms with E-state index in [1.54, 1.807) is 18.2 Å². The lowest BCUT2D eigenvalue weighted by atomic mass is 9.94. The van der Waals surface area contributed by atoms with E-state index in [1.807, 2.05) is 35.2 Å². The summed E-state index contributed by atoms with van der Waals surface area (Å²) >= 11 is 0. The molecule has 1 saturated carbocycles. The van der Waals surface area contributed by atoms with E-state index < -0.39 is 5.97 Å². The topological polar surface area (TPSA) is 57.6 Å². The van der Waals surface area contributed by atoms with Gasteiger partial charge >= 0.3 is 5.97 Å². The number of nitrogens with zero attached hydrogens (tertiary/aromatic N) is 1. The number of carbonyl (C=O) groups is 2. The number of amides is 1. The summed E-state index contributed by atoms with van der Waals surface area (Å²) in [6.45, 7) is 1.66. The third kappa shape index (κ3) is 2.82. The highest BCUT2D eigenvalue weighted by atomic mass is 16.4. The lowest BCUT2D eigenvalue weighted by Crippen LogP contribution is -2.30. The highest BCUT2D eigenvalue weighted by Crippen LogP contribution is 2.39. The summed E-state index contributed by atoms with van der Waals surface area (Å²) in [7, 11) is 0. The average molecular weight is 335 g/mol. The molecule has 4 nitrogen and oxygen atoms in total. The van der Waals surface area contributed by atoms with Gasteiger partial charge in [0.15, 0.2) is 0 Å². The summed E-state index contributed by atoms with van der Waals surface area (Å²) in [5, 5.41) is 9.48. The molecule has 1 aliphatic heterocycles. The van der Waals surface area contributed by atoms with Crippen LogP contribution in [-0.4, -0.2) is 35.0 Å². The number of hydrogen-bond donors (Lipinski definition) is 1. The monoisotopic (exact) mass is 335 g/mol. The van der Waals surface area contributed by atoms with Crippen molar-refractivity contribution in [1.29, 1.82) is 0 Å². The maximum absolute atomic E-state index is 13.1. The largest absolute Gasteiger partial charge is 0.478 e. The Kier molecular flexibility index (Phi) is 4.04. The minimum atomic E-state index is -0.978. The van der Waals surface area contributed by atoms with Crippen molar-refractivity contribution in [3.05, 3.63) is 59.7 Å². The van der Waals surface area contributed by atoms with Crippen LogP contribution in [0.15, 0.2) is 48.5 Å². The molecule has 2 aromatic rings. The number of carbonyl (C=O) groups excluding carboxylic acids is 1. The van der Waals surface area contributed by atoms with Gasteiger partial charge < -0.3 is 10.0 Å². The van der Waals surface area contributed by atoms with E-state index in [4.69, 9.17) is 0 Å². The maximum Gasteiger partial charge on any atom is 0.336 e. The molecule has 2 aliphatic rings. The minimum absolute atomic E-state index is 0.0187. The summed E-state index contributed by atoms with van der Waals surface area (Å²) in [4.78, 5) is 26.7. The Balaban J connectivity index is 1.71. The molecule has 1 N–H and O–H groups in total. The summed E-state index contributed by atoms with van der Waals surface area (Å²) < 4.78 is 0. The van der Waals surface area contributed by atoms with Crippen LogP contribution in [0, 0.1) is 11.8 Å². The molecule has 2 atom stereocenters. The Morgan fingerprint density at radius 3 is 1.96 bits per heavy atom. The Morgan fingerprint density at radius 1 is 0.840 bits per heavy atom. The van der Waals surface area contributed by atoms with E-state index in [2.05, 4.69) is 0 Å². The molecule has 0 bridgehead atoms. The maximum atomic E-state index is 13.1. The molecule has 0 radical (unpaired) electrons. The highest BCUT2D eigenvalue weighted by Gasteiger charge is 2.38. The molecule has 0 spiro atoms. The van der Waals surface area contributed by atoms with Crippen LogP contribution in [0.4, 0.5) is 0 Å². The molecular formula is C21H21NO3. The quantitative estimate of drug-likeness (QED) is 0.925. The molecular weight excluding hydrogens is 314 g/mol. The van der Waals surface area contributed by atoms with E-state index in [1.165, 1.54) is 19.3 Å². The molecule has 0 aromatic heterocycles. The zero-order chi connectivity index (χ0) is 17.4. The number of hydrogen-bond acceptors (Lipinski definition) is 2. The van der Waals surface area contributed by atoms with Gasteiger partial charge in [-0.3, -0.25) is 4.79 Å². The molecule has 128 valence electrons. The summed E-state index contributed by atoms with van der Waals surface area (Å²) in [5.41, 5.74) is 2.11. The Labute approximate surface area is 147 Å². The van der Waals surface area contributed by atoms with Crippen LogP contribution in [-0.2, 0) is 0 Å². The Morgan fingerprint density at radius 2 is 1.36 bits per heavy atom. The Bertz CT molecular complexity index is 817. The lowest BCUT2D eigenvalue weighted by molar-refractivity contribution is 0.0696. The lowest BCUT2D eigenvalue weighted by Gasteiger charge is -2.20.